The first-order valence-electron chi connectivity index (χ1n) is 7.19. The average molecular weight is 248 g/mol. The average Bonchev–Trinajstić information content (AvgIpc) is 2.97. The van der Waals surface area contributed by atoms with E-state index in [1.165, 1.54) is 25.9 Å². The van der Waals surface area contributed by atoms with Crippen LogP contribution in [-0.2, 0) is 0 Å². The molecule has 2 saturated heterocycles. The van der Waals surface area contributed by atoms with Crippen molar-refractivity contribution in [1.82, 2.24) is 9.80 Å². The first-order chi connectivity index (χ1) is 8.18. The summed E-state index contributed by atoms with van der Waals surface area (Å²) in [4.78, 5) is 4.37. The Morgan fingerprint density at radius 3 is 1.41 bits per heavy atom. The lowest BCUT2D eigenvalue weighted by atomic mass is 10.4. The standard InChI is InChI=1S/C5H10FN.C5H11N.2C2H6/c1-7-3-2-5(6)4-7;1-6-4-2-3-5-6;2*1-2/h5H,2-4H2,1H3;2-5H2,1H3;2*1-2H3. The number of halogens is 1. The normalized spacial score (nSPS) is 23.8. The molecule has 0 aromatic rings. The summed E-state index contributed by atoms with van der Waals surface area (Å²) >= 11 is 0. The molecule has 17 heavy (non-hydrogen) atoms. The van der Waals surface area contributed by atoms with Gasteiger partial charge >= 0.3 is 0 Å². The quantitative estimate of drug-likeness (QED) is 0.648. The Morgan fingerprint density at radius 1 is 0.824 bits per heavy atom. The maximum atomic E-state index is 12.1. The topological polar surface area (TPSA) is 6.48 Å². The lowest BCUT2D eigenvalue weighted by Gasteiger charge is -2.01. The number of hydrogen-bond donors (Lipinski definition) is 0. The lowest BCUT2D eigenvalue weighted by Crippen LogP contribution is -2.13. The molecule has 0 aromatic heterocycles. The SMILES string of the molecule is CC.CC.CN1CCC(F)C1.CN1CCCC1. The van der Waals surface area contributed by atoms with E-state index in [4.69, 9.17) is 0 Å². The summed E-state index contributed by atoms with van der Waals surface area (Å²) in [6.45, 7) is 12.2. The minimum absolute atomic E-state index is 0.551. The first-order valence-corrected chi connectivity index (χ1v) is 7.19. The van der Waals surface area contributed by atoms with Crippen LogP contribution in [0.15, 0.2) is 0 Å². The molecule has 2 aliphatic heterocycles. The van der Waals surface area contributed by atoms with Gasteiger partial charge in [-0.1, -0.05) is 27.7 Å². The third kappa shape index (κ3) is 12.1. The van der Waals surface area contributed by atoms with Crippen LogP contribution < -0.4 is 0 Å². The van der Waals surface area contributed by atoms with E-state index in [-0.39, 0.29) is 0 Å². The molecule has 3 heteroatoms. The van der Waals surface area contributed by atoms with Gasteiger partial charge in [0.05, 0.1) is 0 Å². The molecule has 0 saturated carbocycles. The zero-order valence-electron chi connectivity index (χ0n) is 12.8. The van der Waals surface area contributed by atoms with Gasteiger partial charge in [-0.15, -0.1) is 0 Å². The summed E-state index contributed by atoms with van der Waals surface area (Å²) in [5.41, 5.74) is 0. The van der Waals surface area contributed by atoms with Gasteiger partial charge in [-0.05, 0) is 46.4 Å². The number of nitrogens with zero attached hydrogens (tertiary/aromatic N) is 2. The van der Waals surface area contributed by atoms with E-state index < -0.39 is 6.17 Å². The second kappa shape index (κ2) is 13.9. The lowest BCUT2D eigenvalue weighted by molar-refractivity contribution is 0.321. The molecule has 1 unspecified atom stereocenters. The zero-order chi connectivity index (χ0) is 13.7. The van der Waals surface area contributed by atoms with E-state index in [0.717, 1.165) is 13.0 Å². The fraction of sp³-hybridized carbons (Fsp3) is 1.00. The monoisotopic (exact) mass is 248 g/mol. The Morgan fingerprint density at radius 2 is 1.29 bits per heavy atom. The van der Waals surface area contributed by atoms with Gasteiger partial charge in [0.1, 0.15) is 6.17 Å². The molecule has 0 amide bonds. The van der Waals surface area contributed by atoms with Crippen LogP contribution >= 0.6 is 0 Å². The van der Waals surface area contributed by atoms with Crippen LogP contribution in [0.3, 0.4) is 0 Å². The van der Waals surface area contributed by atoms with Crippen molar-refractivity contribution in [3.05, 3.63) is 0 Å². The highest BCUT2D eigenvalue weighted by molar-refractivity contribution is 4.70. The minimum Gasteiger partial charge on any atom is -0.306 e. The summed E-state index contributed by atoms with van der Waals surface area (Å²) in [6, 6.07) is 0. The van der Waals surface area contributed by atoms with Crippen LogP contribution in [0.2, 0.25) is 0 Å². The van der Waals surface area contributed by atoms with Crippen molar-refractivity contribution in [3.63, 3.8) is 0 Å². The van der Waals surface area contributed by atoms with Crippen LogP contribution in [0.25, 0.3) is 0 Å². The second-order valence-electron chi connectivity index (χ2n) is 4.16. The molecule has 0 bridgehead atoms. The van der Waals surface area contributed by atoms with Gasteiger partial charge in [0.25, 0.3) is 0 Å². The molecule has 0 radical (unpaired) electrons. The Kier molecular flexibility index (Phi) is 15.7. The molecule has 2 aliphatic rings. The molecule has 2 nitrogen and oxygen atoms in total. The largest absolute Gasteiger partial charge is 0.306 e. The Balaban J connectivity index is 0. The second-order valence-corrected chi connectivity index (χ2v) is 4.16. The van der Waals surface area contributed by atoms with Crippen LogP contribution in [0.4, 0.5) is 4.39 Å². The maximum Gasteiger partial charge on any atom is 0.114 e. The van der Waals surface area contributed by atoms with Gasteiger partial charge in [-0.2, -0.15) is 0 Å². The number of likely N-dealkylation sites (tertiary alicyclic amines) is 2. The molecular formula is C14H33FN2. The maximum absolute atomic E-state index is 12.1. The molecule has 106 valence electrons. The van der Waals surface area contributed by atoms with E-state index in [1.807, 2.05) is 39.6 Å². The van der Waals surface area contributed by atoms with Crippen molar-refractivity contribution in [1.29, 1.82) is 0 Å². The van der Waals surface area contributed by atoms with E-state index in [0.29, 0.717) is 6.54 Å². The van der Waals surface area contributed by atoms with Crippen molar-refractivity contribution in [2.24, 2.45) is 0 Å². The number of rotatable bonds is 0. The molecule has 0 aromatic carbocycles. The van der Waals surface area contributed by atoms with Crippen molar-refractivity contribution in [3.8, 4) is 0 Å². The van der Waals surface area contributed by atoms with E-state index in [2.05, 4.69) is 11.9 Å². The van der Waals surface area contributed by atoms with Gasteiger partial charge in [0.15, 0.2) is 0 Å². The van der Waals surface area contributed by atoms with E-state index in [9.17, 15) is 4.39 Å². The fourth-order valence-electron chi connectivity index (χ4n) is 1.76. The predicted molar refractivity (Wildman–Crippen MR) is 76.4 cm³/mol. The summed E-state index contributed by atoms with van der Waals surface area (Å²) < 4.78 is 12.1. The molecule has 0 spiro atoms. The smallest absolute Gasteiger partial charge is 0.114 e. The van der Waals surface area contributed by atoms with Crippen molar-refractivity contribution in [2.45, 2.75) is 53.1 Å². The summed E-state index contributed by atoms with van der Waals surface area (Å²) in [6.07, 6.45) is 3.01. The highest BCUT2D eigenvalue weighted by Crippen LogP contribution is 2.08. The summed E-state index contributed by atoms with van der Waals surface area (Å²) in [7, 11) is 4.12. The van der Waals surface area contributed by atoms with Gasteiger partial charge in [-0.25, -0.2) is 4.39 Å². The predicted octanol–water partition coefficient (Wildman–Crippen LogP) is 3.42. The van der Waals surface area contributed by atoms with Crippen molar-refractivity contribution in [2.75, 3.05) is 40.3 Å². The van der Waals surface area contributed by atoms with Crippen molar-refractivity contribution < 1.29 is 4.39 Å². The number of alkyl halides is 1. The molecule has 2 heterocycles. The van der Waals surface area contributed by atoms with Crippen LogP contribution in [0, 0.1) is 0 Å². The van der Waals surface area contributed by atoms with Crippen molar-refractivity contribution >= 4 is 0 Å². The molecule has 2 rings (SSSR count). The zero-order valence-corrected chi connectivity index (χ0v) is 12.8. The minimum atomic E-state index is -0.551. The van der Waals surface area contributed by atoms with E-state index >= 15 is 0 Å². The highest BCUT2D eigenvalue weighted by atomic mass is 19.1. The van der Waals surface area contributed by atoms with Crippen LogP contribution in [-0.4, -0.2) is 56.2 Å². The van der Waals surface area contributed by atoms with Gasteiger partial charge in [-0.3, -0.25) is 0 Å². The number of hydrogen-bond acceptors (Lipinski definition) is 2. The molecule has 0 N–H and O–H groups in total. The molecule has 1 atom stereocenters. The third-order valence-corrected chi connectivity index (χ3v) is 2.66. The van der Waals surface area contributed by atoms with E-state index in [1.54, 1.807) is 0 Å². The van der Waals surface area contributed by atoms with Gasteiger partial charge in [0.2, 0.25) is 0 Å². The fourth-order valence-corrected chi connectivity index (χ4v) is 1.76. The summed E-state index contributed by atoms with van der Waals surface area (Å²) in [5.74, 6) is 0. The molecular weight excluding hydrogens is 215 g/mol. The Bertz CT molecular complexity index is 128. The van der Waals surface area contributed by atoms with Crippen LogP contribution in [0.1, 0.15) is 47.0 Å². The van der Waals surface area contributed by atoms with Gasteiger partial charge < -0.3 is 9.80 Å². The Hall–Kier alpha value is -0.150. The van der Waals surface area contributed by atoms with Crippen LogP contribution in [0.5, 0.6) is 0 Å². The first kappa shape index (κ1) is 19.2. The highest BCUT2D eigenvalue weighted by Gasteiger charge is 2.17. The van der Waals surface area contributed by atoms with Gasteiger partial charge in [0, 0.05) is 13.1 Å². The summed E-state index contributed by atoms with van der Waals surface area (Å²) in [5, 5.41) is 0. The third-order valence-electron chi connectivity index (χ3n) is 2.66. The molecule has 0 aliphatic carbocycles. The molecule has 2 fully saturated rings. The Labute approximate surface area is 108 Å².